The summed E-state index contributed by atoms with van der Waals surface area (Å²) in [7, 11) is 4.48. The molecule has 7 nitrogen and oxygen atoms in total. The number of rotatable bonds is 7. The lowest BCUT2D eigenvalue weighted by atomic mass is 10.0. The van der Waals surface area contributed by atoms with Gasteiger partial charge < -0.3 is 14.4 Å². The Bertz CT molecular complexity index is 1500. The van der Waals surface area contributed by atoms with Gasteiger partial charge in [0.05, 0.1) is 12.2 Å². The minimum absolute atomic E-state index is 0.251. The van der Waals surface area contributed by atoms with Crippen LogP contribution in [0, 0.1) is 12.7 Å². The highest BCUT2D eigenvalue weighted by Crippen LogP contribution is 2.31. The number of aryl methyl sites for hydroxylation is 2. The van der Waals surface area contributed by atoms with Crippen molar-refractivity contribution in [3.05, 3.63) is 75.8 Å². The van der Waals surface area contributed by atoms with Crippen molar-refractivity contribution in [2.75, 3.05) is 13.1 Å². The largest absolute Gasteiger partial charge is 0.477 e. The molecule has 0 aliphatic carbocycles. The van der Waals surface area contributed by atoms with Gasteiger partial charge in [-0.15, -0.1) is 20.6 Å². The Hall–Kier alpha value is -3.13. The maximum Gasteiger partial charge on any atom is 0.349 e. The number of halogens is 1. The summed E-state index contributed by atoms with van der Waals surface area (Å²) in [5.74, 6) is -0.675. The van der Waals surface area contributed by atoms with Crippen molar-refractivity contribution in [2.45, 2.75) is 26.5 Å². The summed E-state index contributed by atoms with van der Waals surface area (Å²) in [5.41, 5.74) is 4.64. The van der Waals surface area contributed by atoms with Gasteiger partial charge in [0.15, 0.2) is 10.7 Å². The van der Waals surface area contributed by atoms with Crippen LogP contribution in [0.1, 0.15) is 38.7 Å². The lowest BCUT2D eigenvalue weighted by Gasteiger charge is -2.26. The van der Waals surface area contributed by atoms with Crippen LogP contribution >= 0.6 is 20.6 Å². The molecule has 0 fully saturated rings. The summed E-state index contributed by atoms with van der Waals surface area (Å²) in [6.07, 6.45) is 2.98. The Kier molecular flexibility index (Phi) is 6.88. The first kappa shape index (κ1) is 24.6. The van der Waals surface area contributed by atoms with Gasteiger partial charge >= 0.3 is 5.97 Å². The molecular formula is C26H26FN4O3PS. The third-order valence-electron chi connectivity index (χ3n) is 6.34. The number of hydrogen-bond donors (Lipinski definition) is 1. The van der Waals surface area contributed by atoms with Crippen LogP contribution in [0.4, 0.5) is 4.39 Å². The van der Waals surface area contributed by atoms with E-state index < -0.39 is 11.8 Å². The van der Waals surface area contributed by atoms with E-state index in [0.717, 1.165) is 46.4 Å². The fourth-order valence-corrected chi connectivity index (χ4v) is 5.70. The molecule has 0 saturated carbocycles. The zero-order valence-electron chi connectivity index (χ0n) is 20.0. The second kappa shape index (κ2) is 10.1. The van der Waals surface area contributed by atoms with Gasteiger partial charge in [-0.05, 0) is 35.9 Å². The molecule has 1 aliphatic heterocycles. The maximum atomic E-state index is 14.5. The van der Waals surface area contributed by atoms with E-state index in [-0.39, 0.29) is 10.4 Å². The average Bonchev–Trinajstić information content (AvgIpc) is 3.35. The summed E-state index contributed by atoms with van der Waals surface area (Å²) < 4.78 is 22.1. The van der Waals surface area contributed by atoms with Gasteiger partial charge in [-0.2, -0.15) is 0 Å². The molecule has 1 aromatic carbocycles. The van der Waals surface area contributed by atoms with E-state index in [9.17, 15) is 9.18 Å². The van der Waals surface area contributed by atoms with Crippen LogP contribution in [0.25, 0.3) is 15.9 Å². The highest BCUT2D eigenvalue weighted by molar-refractivity contribution is 7.27. The van der Waals surface area contributed by atoms with Crippen LogP contribution in [0.5, 0.6) is 5.88 Å². The van der Waals surface area contributed by atoms with Gasteiger partial charge in [-0.3, -0.25) is 4.90 Å². The highest BCUT2D eigenvalue weighted by Gasteiger charge is 2.24. The number of carbonyl (C=O) groups is 1. The molecule has 186 valence electrons. The number of pyridine rings is 1. The number of hydrogen-bond acceptors (Lipinski definition) is 6. The van der Waals surface area contributed by atoms with Crippen molar-refractivity contribution >= 4 is 47.8 Å². The number of benzene rings is 1. The second-order valence-electron chi connectivity index (χ2n) is 8.86. The van der Waals surface area contributed by atoms with Gasteiger partial charge in [0, 0.05) is 26.2 Å². The van der Waals surface area contributed by atoms with Crippen LogP contribution < -0.4 is 10.0 Å². The van der Waals surface area contributed by atoms with Gasteiger partial charge in [0.25, 0.3) is 0 Å². The van der Waals surface area contributed by atoms with Crippen molar-refractivity contribution in [3.8, 4) is 5.88 Å². The smallest absolute Gasteiger partial charge is 0.349 e. The van der Waals surface area contributed by atoms with Gasteiger partial charge in [0.1, 0.15) is 22.8 Å². The van der Waals surface area contributed by atoms with Gasteiger partial charge in [0.2, 0.25) is 5.88 Å². The molecule has 36 heavy (non-hydrogen) atoms. The molecular weight excluding hydrogens is 498 g/mol. The topological polar surface area (TPSA) is 80.5 Å². The van der Waals surface area contributed by atoms with E-state index in [1.165, 1.54) is 5.56 Å². The van der Waals surface area contributed by atoms with Crippen LogP contribution in [0.2, 0.25) is 0 Å². The maximum absolute atomic E-state index is 14.5. The SMILES string of the molecule is Cc1ccc(COc2cccc(C3=CCN(Cc4nc5sc(C(=O)O)c(F)c5n4C)CC3)n2)c(P)c1. The Morgan fingerprint density at radius 3 is 2.81 bits per heavy atom. The number of fused-ring (bicyclic) bond motifs is 1. The first-order valence-corrected chi connectivity index (χ1v) is 12.9. The van der Waals surface area contributed by atoms with Crippen LogP contribution in [-0.2, 0) is 20.2 Å². The minimum Gasteiger partial charge on any atom is -0.477 e. The molecule has 0 radical (unpaired) electrons. The van der Waals surface area contributed by atoms with Crippen LogP contribution in [-0.4, -0.2) is 43.6 Å². The molecule has 0 bridgehead atoms. The number of ether oxygens (including phenoxy) is 1. The standard InChI is InChI=1S/C26H26FN4O3PS/c1-15-6-7-17(19(35)12-15)14-34-21-5-3-4-18(28-21)16-8-10-31(11-9-16)13-20-29-25-23(30(20)2)22(27)24(36-25)26(32)33/h3-8,12H,9-11,13-14,35H2,1-2H3,(H,32,33). The van der Waals surface area contributed by atoms with Gasteiger partial charge in [-0.25, -0.2) is 19.2 Å². The second-order valence-corrected chi connectivity index (χ2v) is 10.5. The summed E-state index contributed by atoms with van der Waals surface area (Å²) in [6.45, 7) is 4.59. The van der Waals surface area contributed by atoms with Crippen molar-refractivity contribution in [1.29, 1.82) is 0 Å². The lowest BCUT2D eigenvalue weighted by molar-refractivity contribution is 0.0698. The third kappa shape index (κ3) is 4.91. The fourth-order valence-electron chi connectivity index (χ4n) is 4.32. The predicted octanol–water partition coefficient (Wildman–Crippen LogP) is 4.54. The zero-order chi connectivity index (χ0) is 25.4. The molecule has 1 aliphatic rings. The van der Waals surface area contributed by atoms with E-state index >= 15 is 0 Å². The van der Waals surface area contributed by atoms with E-state index in [4.69, 9.17) is 14.8 Å². The van der Waals surface area contributed by atoms with Crippen LogP contribution in [0.3, 0.4) is 0 Å². The Morgan fingerprint density at radius 1 is 1.28 bits per heavy atom. The number of aromatic carboxylic acids is 1. The number of carboxylic acids is 1. The molecule has 0 spiro atoms. The summed E-state index contributed by atoms with van der Waals surface area (Å²) in [4.78, 5) is 22.8. The number of imidazole rings is 1. The molecule has 0 saturated heterocycles. The van der Waals surface area contributed by atoms with Crippen molar-refractivity contribution < 1.29 is 19.0 Å². The first-order valence-electron chi connectivity index (χ1n) is 11.5. The molecule has 0 amide bonds. The summed E-state index contributed by atoms with van der Waals surface area (Å²) >= 11 is 0.874. The average molecular weight is 525 g/mol. The van der Waals surface area contributed by atoms with Crippen molar-refractivity contribution in [2.24, 2.45) is 7.05 Å². The van der Waals surface area contributed by atoms with Crippen molar-refractivity contribution in [3.63, 3.8) is 0 Å². The van der Waals surface area contributed by atoms with Crippen molar-refractivity contribution in [1.82, 2.24) is 19.4 Å². The van der Waals surface area contributed by atoms with E-state index in [1.54, 1.807) is 11.6 Å². The zero-order valence-corrected chi connectivity index (χ0v) is 22.0. The normalized spacial score (nSPS) is 14.3. The summed E-state index contributed by atoms with van der Waals surface area (Å²) in [5, 5.41) is 10.3. The molecule has 1 N–H and O–H groups in total. The Balaban J connectivity index is 1.24. The number of carboxylic acid groups (broad SMARTS) is 1. The third-order valence-corrected chi connectivity index (χ3v) is 7.92. The number of nitrogens with zero attached hydrogens (tertiary/aromatic N) is 4. The van der Waals surface area contributed by atoms with E-state index in [2.05, 4.69) is 50.3 Å². The number of aromatic nitrogens is 3. The summed E-state index contributed by atoms with van der Waals surface area (Å²) in [6, 6.07) is 12.1. The molecule has 4 aromatic rings. The Labute approximate surface area is 214 Å². The molecule has 10 heteroatoms. The predicted molar refractivity (Wildman–Crippen MR) is 142 cm³/mol. The fraction of sp³-hybridized carbons (Fsp3) is 0.269. The van der Waals surface area contributed by atoms with E-state index in [1.807, 2.05) is 18.2 Å². The monoisotopic (exact) mass is 524 g/mol. The molecule has 5 rings (SSSR count). The van der Waals surface area contributed by atoms with Crippen LogP contribution in [0.15, 0.2) is 42.5 Å². The molecule has 3 aromatic heterocycles. The first-order chi connectivity index (χ1) is 17.3. The Morgan fingerprint density at radius 2 is 2.11 bits per heavy atom. The molecule has 1 atom stereocenters. The quantitative estimate of drug-likeness (QED) is 0.358. The molecule has 1 unspecified atom stereocenters. The van der Waals surface area contributed by atoms with Gasteiger partial charge in [-0.1, -0.05) is 35.9 Å². The van der Waals surface area contributed by atoms with E-state index in [0.29, 0.717) is 36.2 Å². The minimum atomic E-state index is -1.27. The highest BCUT2D eigenvalue weighted by atomic mass is 32.1. The molecule has 4 heterocycles. The lowest BCUT2D eigenvalue weighted by Crippen LogP contribution is -2.29. The number of thiophene rings is 1.